The molecule has 7 heteroatoms. The van der Waals surface area contributed by atoms with E-state index in [-0.39, 0.29) is 5.91 Å². The number of carbonyl (C=O) groups is 1. The predicted molar refractivity (Wildman–Crippen MR) is 115 cm³/mol. The van der Waals surface area contributed by atoms with E-state index in [1.54, 1.807) is 12.3 Å². The molecular weight excluding hydrogens is 382 g/mol. The van der Waals surface area contributed by atoms with Crippen LogP contribution in [0.2, 0.25) is 0 Å². The molecule has 142 valence electrons. The highest BCUT2D eigenvalue weighted by atomic mass is 32.2. The summed E-state index contributed by atoms with van der Waals surface area (Å²) >= 11 is 1.43. The van der Waals surface area contributed by atoms with Crippen molar-refractivity contribution in [1.82, 2.24) is 20.2 Å². The summed E-state index contributed by atoms with van der Waals surface area (Å²) in [4.78, 5) is 21.0. The Labute approximate surface area is 171 Å². The molecule has 2 heterocycles. The maximum atomic E-state index is 12.1. The molecule has 4 aromatic rings. The van der Waals surface area contributed by atoms with Crippen molar-refractivity contribution in [1.29, 1.82) is 0 Å². The Balaban J connectivity index is 1.28. The van der Waals surface area contributed by atoms with Crippen LogP contribution in [-0.2, 0) is 4.79 Å². The molecule has 1 aliphatic carbocycles. The third-order valence-electron chi connectivity index (χ3n) is 4.82. The minimum atomic E-state index is -0.0832. The number of carbonyl (C=O) groups excluding carboxylic acids is 1. The van der Waals surface area contributed by atoms with E-state index < -0.39 is 0 Å². The summed E-state index contributed by atoms with van der Waals surface area (Å²) in [5.74, 6) is 1.04. The first-order valence-electron chi connectivity index (χ1n) is 9.31. The van der Waals surface area contributed by atoms with Crippen LogP contribution >= 0.6 is 11.8 Å². The summed E-state index contributed by atoms with van der Waals surface area (Å²) in [6, 6.07) is 16.1. The topological polar surface area (TPSA) is 80.7 Å². The highest BCUT2D eigenvalue weighted by molar-refractivity contribution is 7.99. The van der Waals surface area contributed by atoms with Gasteiger partial charge in [0.05, 0.1) is 0 Å². The van der Waals surface area contributed by atoms with Crippen LogP contribution in [0.15, 0.2) is 59.9 Å². The lowest BCUT2D eigenvalue weighted by Gasteiger charge is -2.05. The Morgan fingerprint density at radius 1 is 1.00 bits per heavy atom. The Kier molecular flexibility index (Phi) is 4.44. The molecule has 1 aliphatic rings. The van der Waals surface area contributed by atoms with Crippen molar-refractivity contribution in [2.24, 2.45) is 0 Å². The van der Waals surface area contributed by atoms with Gasteiger partial charge >= 0.3 is 0 Å². The average molecular weight is 399 g/mol. The van der Waals surface area contributed by atoms with Crippen LogP contribution in [0, 0.1) is 6.92 Å². The van der Waals surface area contributed by atoms with E-state index in [0.29, 0.717) is 23.1 Å². The van der Waals surface area contributed by atoms with Gasteiger partial charge in [-0.05, 0) is 23.9 Å². The van der Waals surface area contributed by atoms with Crippen molar-refractivity contribution >= 4 is 34.3 Å². The van der Waals surface area contributed by atoms with Gasteiger partial charge in [-0.3, -0.25) is 4.79 Å². The first-order valence-corrected chi connectivity index (χ1v) is 10.3. The molecule has 2 aromatic heterocycles. The fourth-order valence-corrected chi connectivity index (χ4v) is 4.18. The van der Waals surface area contributed by atoms with Crippen molar-refractivity contribution in [3.8, 4) is 22.5 Å². The Morgan fingerprint density at radius 2 is 1.79 bits per heavy atom. The molecule has 0 saturated carbocycles. The van der Waals surface area contributed by atoms with Crippen LogP contribution in [0.25, 0.3) is 33.3 Å². The summed E-state index contributed by atoms with van der Waals surface area (Å²) in [5.41, 5.74) is 4.91. The summed E-state index contributed by atoms with van der Waals surface area (Å²) < 4.78 is 0. The maximum absolute atomic E-state index is 12.1. The van der Waals surface area contributed by atoms with Crippen LogP contribution in [0.4, 0.5) is 5.82 Å². The molecule has 0 spiro atoms. The molecule has 5 rings (SSSR count). The van der Waals surface area contributed by atoms with E-state index in [0.717, 1.165) is 28.1 Å². The normalized spacial score (nSPS) is 11.5. The van der Waals surface area contributed by atoms with Gasteiger partial charge in [-0.2, -0.15) is 0 Å². The number of pyridine rings is 1. The standard InChI is InChI=1S/C22H17N5OS/c1-13-8-9-17(23-12-13)24-18(28)10-11-29-22-25-20-15-6-2-4-14-5-3-7-16(19(14)15)21(20)26-27-22/h2-9,12H,10-11H2,1H3,(H,23,24,28). The van der Waals surface area contributed by atoms with Gasteiger partial charge in [0.1, 0.15) is 17.2 Å². The van der Waals surface area contributed by atoms with Gasteiger partial charge in [0, 0.05) is 34.9 Å². The van der Waals surface area contributed by atoms with Crippen LogP contribution < -0.4 is 5.32 Å². The zero-order chi connectivity index (χ0) is 19.8. The van der Waals surface area contributed by atoms with Crippen LogP contribution in [-0.4, -0.2) is 31.8 Å². The molecule has 0 saturated heterocycles. The molecule has 29 heavy (non-hydrogen) atoms. The highest BCUT2D eigenvalue weighted by Gasteiger charge is 2.24. The van der Waals surface area contributed by atoms with Crippen LogP contribution in [0.5, 0.6) is 0 Å². The van der Waals surface area contributed by atoms with Crippen molar-refractivity contribution < 1.29 is 4.79 Å². The van der Waals surface area contributed by atoms with E-state index in [9.17, 15) is 4.79 Å². The summed E-state index contributed by atoms with van der Waals surface area (Å²) in [7, 11) is 0. The van der Waals surface area contributed by atoms with Crippen LogP contribution in [0.1, 0.15) is 12.0 Å². The number of aryl methyl sites for hydroxylation is 1. The second-order valence-corrected chi connectivity index (χ2v) is 7.93. The molecule has 0 aliphatic heterocycles. The second-order valence-electron chi connectivity index (χ2n) is 6.87. The molecule has 0 fully saturated rings. The molecule has 1 N–H and O–H groups in total. The number of thioether (sulfide) groups is 1. The molecule has 0 atom stereocenters. The van der Waals surface area contributed by atoms with Gasteiger partial charge in [0.25, 0.3) is 0 Å². The molecule has 6 nitrogen and oxygen atoms in total. The lowest BCUT2D eigenvalue weighted by molar-refractivity contribution is -0.115. The number of nitrogens with zero attached hydrogens (tertiary/aromatic N) is 4. The number of amides is 1. The Hall–Kier alpha value is -3.32. The third kappa shape index (κ3) is 3.34. The van der Waals surface area contributed by atoms with E-state index in [2.05, 4.69) is 44.8 Å². The molecule has 0 bridgehead atoms. The Bertz CT molecular complexity index is 1230. The smallest absolute Gasteiger partial charge is 0.226 e. The van der Waals surface area contributed by atoms with E-state index in [1.807, 2.05) is 25.1 Å². The van der Waals surface area contributed by atoms with E-state index >= 15 is 0 Å². The lowest BCUT2D eigenvalue weighted by Crippen LogP contribution is -2.13. The summed E-state index contributed by atoms with van der Waals surface area (Å²) in [6.07, 6.45) is 2.07. The number of benzene rings is 2. The number of hydrogen-bond acceptors (Lipinski definition) is 6. The SMILES string of the molecule is Cc1ccc(NC(=O)CCSc2nnc3c(n2)-c2cccc4cccc-3c24)nc1. The summed E-state index contributed by atoms with van der Waals surface area (Å²) in [6.45, 7) is 1.96. The second kappa shape index (κ2) is 7.25. The molecule has 0 unspecified atom stereocenters. The first kappa shape index (κ1) is 17.8. The minimum Gasteiger partial charge on any atom is -0.311 e. The number of rotatable bonds is 5. The highest BCUT2D eigenvalue weighted by Crippen LogP contribution is 2.44. The number of anilines is 1. The van der Waals surface area contributed by atoms with E-state index in [1.165, 1.54) is 22.5 Å². The van der Waals surface area contributed by atoms with Crippen molar-refractivity contribution in [3.05, 3.63) is 60.3 Å². The zero-order valence-corrected chi connectivity index (χ0v) is 16.5. The fraction of sp³-hybridized carbons (Fsp3) is 0.136. The van der Waals surface area contributed by atoms with Gasteiger partial charge in [-0.25, -0.2) is 9.97 Å². The quantitative estimate of drug-likeness (QED) is 0.438. The number of aromatic nitrogens is 4. The fourth-order valence-electron chi connectivity index (χ4n) is 3.46. The minimum absolute atomic E-state index is 0.0832. The van der Waals surface area contributed by atoms with Crippen molar-refractivity contribution in [3.63, 3.8) is 0 Å². The third-order valence-corrected chi connectivity index (χ3v) is 5.66. The largest absolute Gasteiger partial charge is 0.311 e. The zero-order valence-electron chi connectivity index (χ0n) is 15.7. The number of nitrogens with one attached hydrogen (secondary N) is 1. The molecule has 2 aromatic carbocycles. The average Bonchev–Trinajstić information content (AvgIpc) is 3.05. The van der Waals surface area contributed by atoms with E-state index in [4.69, 9.17) is 4.98 Å². The maximum Gasteiger partial charge on any atom is 0.226 e. The number of hydrogen-bond donors (Lipinski definition) is 1. The number of fused-ring (bicyclic) bond motifs is 3. The lowest BCUT2D eigenvalue weighted by atomic mass is 10.0. The summed E-state index contributed by atoms with van der Waals surface area (Å²) in [5, 5.41) is 14.4. The van der Waals surface area contributed by atoms with Crippen LogP contribution in [0.3, 0.4) is 0 Å². The molecule has 1 amide bonds. The van der Waals surface area contributed by atoms with Crippen molar-refractivity contribution in [2.45, 2.75) is 18.5 Å². The molecular formula is C22H17N5OS. The van der Waals surface area contributed by atoms with Gasteiger partial charge in [0.15, 0.2) is 0 Å². The molecule has 0 radical (unpaired) electrons. The van der Waals surface area contributed by atoms with Gasteiger partial charge in [0.2, 0.25) is 11.1 Å². The first-order chi connectivity index (χ1) is 14.2. The monoisotopic (exact) mass is 399 g/mol. The van der Waals surface area contributed by atoms with Gasteiger partial charge in [-0.15, -0.1) is 10.2 Å². The van der Waals surface area contributed by atoms with Gasteiger partial charge in [-0.1, -0.05) is 54.2 Å². The Morgan fingerprint density at radius 3 is 2.55 bits per heavy atom. The van der Waals surface area contributed by atoms with Crippen molar-refractivity contribution in [2.75, 3.05) is 11.1 Å². The van der Waals surface area contributed by atoms with Gasteiger partial charge < -0.3 is 5.32 Å². The predicted octanol–water partition coefficient (Wildman–Crippen LogP) is 4.50.